The van der Waals surface area contributed by atoms with Crippen LogP contribution in [0.4, 0.5) is 42.2 Å². The topological polar surface area (TPSA) is 132 Å². The minimum Gasteiger partial charge on any atom is -0.506 e. The van der Waals surface area contributed by atoms with Crippen molar-refractivity contribution >= 4 is 34.9 Å². The van der Waals surface area contributed by atoms with Gasteiger partial charge in [-0.05, 0) is 50.2 Å². The number of aromatic nitrogens is 3. The number of carbonyl (C=O) groups is 1. The van der Waals surface area contributed by atoms with E-state index in [1.54, 1.807) is 32.0 Å². The van der Waals surface area contributed by atoms with Crippen molar-refractivity contribution in [3.05, 3.63) is 76.9 Å². The number of nitrogens with one attached hydrogen (secondary N) is 3. The van der Waals surface area contributed by atoms with Crippen molar-refractivity contribution in [1.29, 1.82) is 0 Å². The molecule has 1 aliphatic heterocycles. The van der Waals surface area contributed by atoms with Crippen LogP contribution >= 0.6 is 0 Å². The highest BCUT2D eigenvalue weighted by Crippen LogP contribution is 2.35. The smallest absolute Gasteiger partial charge is 0.416 e. The fourth-order valence-corrected chi connectivity index (χ4v) is 4.68. The van der Waals surface area contributed by atoms with Crippen molar-refractivity contribution < 1.29 is 27.5 Å². The Morgan fingerprint density at radius 3 is 2.44 bits per heavy atom. The van der Waals surface area contributed by atoms with Crippen LogP contribution in [0, 0.1) is 13.8 Å². The number of hydrogen-bond donors (Lipinski definition) is 4. The molecule has 0 radical (unpaired) electrons. The molecule has 1 saturated heterocycles. The molecule has 3 heterocycles. The van der Waals surface area contributed by atoms with Crippen LogP contribution < -0.4 is 16.0 Å². The van der Waals surface area contributed by atoms with Gasteiger partial charge in [-0.3, -0.25) is 15.0 Å². The van der Waals surface area contributed by atoms with E-state index in [0.29, 0.717) is 24.5 Å². The second kappa shape index (κ2) is 12.3. The van der Waals surface area contributed by atoms with Gasteiger partial charge >= 0.3 is 12.2 Å². The third-order valence-electron chi connectivity index (χ3n) is 6.97. The van der Waals surface area contributed by atoms with Crippen LogP contribution in [0.5, 0.6) is 5.75 Å². The van der Waals surface area contributed by atoms with E-state index in [9.17, 15) is 23.1 Å². The summed E-state index contributed by atoms with van der Waals surface area (Å²) in [6.07, 6.45) is -3.32. The SMILES string of the molecule is Cc1nc(Nc2ccc(CN3CCN(C)CC3)c(C(F)(F)F)c2)cc(Nc2ncc(C(=O)Nc3c(C)cccc3O)o2)n1. The summed E-state index contributed by atoms with van der Waals surface area (Å²) >= 11 is 0. The fourth-order valence-electron chi connectivity index (χ4n) is 4.68. The van der Waals surface area contributed by atoms with Crippen LogP contribution in [-0.2, 0) is 12.7 Å². The monoisotopic (exact) mass is 596 g/mol. The number of para-hydroxylation sites is 1. The Hall–Kier alpha value is -4.69. The first-order chi connectivity index (χ1) is 20.4. The first kappa shape index (κ1) is 29.8. The molecule has 2 aromatic heterocycles. The highest BCUT2D eigenvalue weighted by molar-refractivity contribution is 6.03. The number of nitrogens with zero attached hydrogens (tertiary/aromatic N) is 5. The van der Waals surface area contributed by atoms with Gasteiger partial charge in [0.25, 0.3) is 5.91 Å². The standard InChI is InChI=1S/C29H31F3N8O3/c1-17-5-4-6-22(41)26(17)38-27(42)23-15-33-28(43-23)37-25-14-24(34-18(2)35-25)36-20-8-7-19(21(13-20)29(30,31)32)16-40-11-9-39(3)10-12-40/h4-8,13-15,41H,9-12,16H2,1-3H3,(H,38,42)(H2,33,34,35,36,37). The van der Waals surface area contributed by atoms with E-state index in [0.717, 1.165) is 19.2 Å². The summed E-state index contributed by atoms with van der Waals surface area (Å²) in [4.78, 5) is 29.4. The zero-order valence-corrected chi connectivity index (χ0v) is 23.8. The number of phenols is 1. The zero-order chi connectivity index (χ0) is 30.7. The summed E-state index contributed by atoms with van der Waals surface area (Å²) in [6, 6.07) is 10.4. The lowest BCUT2D eigenvalue weighted by Gasteiger charge is -2.33. The van der Waals surface area contributed by atoms with Gasteiger partial charge in [-0.15, -0.1) is 0 Å². The molecule has 2 aromatic carbocycles. The van der Waals surface area contributed by atoms with Gasteiger partial charge in [-0.1, -0.05) is 18.2 Å². The van der Waals surface area contributed by atoms with Crippen molar-refractivity contribution in [2.24, 2.45) is 0 Å². The van der Waals surface area contributed by atoms with E-state index >= 15 is 0 Å². The molecule has 1 fully saturated rings. The molecule has 0 bridgehead atoms. The van der Waals surface area contributed by atoms with Crippen LogP contribution in [0.15, 0.2) is 53.1 Å². The summed E-state index contributed by atoms with van der Waals surface area (Å²) in [5, 5.41) is 18.4. The number of carbonyl (C=O) groups excluding carboxylic acids is 1. The lowest BCUT2D eigenvalue weighted by atomic mass is 10.0. The van der Waals surface area contributed by atoms with Gasteiger partial charge in [-0.2, -0.15) is 13.2 Å². The first-order valence-electron chi connectivity index (χ1n) is 13.5. The number of benzene rings is 2. The van der Waals surface area contributed by atoms with E-state index < -0.39 is 17.6 Å². The number of alkyl halides is 3. The summed E-state index contributed by atoms with van der Waals surface area (Å²) < 4.78 is 47.6. The van der Waals surface area contributed by atoms with Crippen molar-refractivity contribution in [1.82, 2.24) is 24.8 Å². The maximum atomic E-state index is 14.0. The molecular weight excluding hydrogens is 565 g/mol. The number of hydrogen-bond acceptors (Lipinski definition) is 10. The Morgan fingerprint density at radius 2 is 1.74 bits per heavy atom. The van der Waals surface area contributed by atoms with Gasteiger partial charge < -0.3 is 25.1 Å². The van der Waals surface area contributed by atoms with Gasteiger partial charge in [0.1, 0.15) is 23.2 Å². The highest BCUT2D eigenvalue weighted by atomic mass is 19.4. The van der Waals surface area contributed by atoms with Crippen molar-refractivity contribution in [3.8, 4) is 5.75 Å². The lowest BCUT2D eigenvalue weighted by molar-refractivity contribution is -0.138. The molecule has 14 heteroatoms. The van der Waals surface area contributed by atoms with Crippen molar-refractivity contribution in [2.75, 3.05) is 49.2 Å². The molecule has 226 valence electrons. The third kappa shape index (κ3) is 7.40. The van der Waals surface area contributed by atoms with Crippen molar-refractivity contribution in [2.45, 2.75) is 26.6 Å². The van der Waals surface area contributed by atoms with Crippen LogP contribution in [0.25, 0.3) is 0 Å². The molecule has 0 atom stereocenters. The van der Waals surface area contributed by atoms with Crippen LogP contribution in [-0.4, -0.2) is 69.0 Å². The van der Waals surface area contributed by atoms with Gasteiger partial charge in [-0.25, -0.2) is 15.0 Å². The third-order valence-corrected chi connectivity index (χ3v) is 6.97. The highest BCUT2D eigenvalue weighted by Gasteiger charge is 2.34. The maximum Gasteiger partial charge on any atom is 0.416 e. The number of piperazine rings is 1. The average molecular weight is 597 g/mol. The Kier molecular flexibility index (Phi) is 8.50. The number of oxazole rings is 1. The molecule has 43 heavy (non-hydrogen) atoms. The quantitative estimate of drug-likeness (QED) is 0.199. The predicted molar refractivity (Wildman–Crippen MR) is 155 cm³/mol. The first-order valence-corrected chi connectivity index (χ1v) is 13.5. The number of amides is 1. The van der Waals surface area contributed by atoms with E-state index in [2.05, 4.69) is 35.8 Å². The van der Waals surface area contributed by atoms with E-state index in [1.807, 2.05) is 11.9 Å². The molecule has 0 unspecified atom stereocenters. The zero-order valence-electron chi connectivity index (χ0n) is 23.8. The van der Waals surface area contributed by atoms with E-state index in [4.69, 9.17) is 4.42 Å². The molecule has 0 spiro atoms. The minimum atomic E-state index is -4.53. The predicted octanol–water partition coefficient (Wildman–Crippen LogP) is 5.29. The molecular formula is C29H31F3N8O3. The van der Waals surface area contributed by atoms with Crippen LogP contribution in [0.3, 0.4) is 0 Å². The van der Waals surface area contributed by atoms with Gasteiger partial charge in [0, 0.05) is 44.5 Å². The number of phenolic OH excluding ortho intramolecular Hbond substituents is 1. The Balaban J connectivity index is 1.29. The molecule has 5 rings (SSSR count). The molecule has 1 aliphatic rings. The van der Waals surface area contributed by atoms with Crippen molar-refractivity contribution in [3.63, 3.8) is 0 Å². The summed E-state index contributed by atoms with van der Waals surface area (Å²) in [5.41, 5.74) is 0.639. The Labute approximate surface area is 245 Å². The minimum absolute atomic E-state index is 0.0455. The summed E-state index contributed by atoms with van der Waals surface area (Å²) in [6.45, 7) is 6.60. The number of likely N-dealkylation sites (N-methyl/N-ethyl adjacent to an activating group) is 1. The molecule has 4 aromatic rings. The largest absolute Gasteiger partial charge is 0.506 e. The fraction of sp³-hybridized carbons (Fsp3) is 0.310. The second-order valence-electron chi connectivity index (χ2n) is 10.3. The molecule has 4 N–H and O–H groups in total. The molecule has 0 aliphatic carbocycles. The lowest BCUT2D eigenvalue weighted by Crippen LogP contribution is -2.44. The van der Waals surface area contributed by atoms with Crippen LogP contribution in [0.1, 0.15) is 33.1 Å². The average Bonchev–Trinajstić information content (AvgIpc) is 3.40. The van der Waals surface area contributed by atoms with Gasteiger partial charge in [0.15, 0.2) is 0 Å². The van der Waals surface area contributed by atoms with E-state index in [1.165, 1.54) is 24.4 Å². The normalized spacial score (nSPS) is 14.5. The molecule has 11 nitrogen and oxygen atoms in total. The maximum absolute atomic E-state index is 14.0. The number of aromatic hydroxyl groups is 1. The number of rotatable bonds is 8. The number of anilines is 5. The molecule has 1 amide bonds. The number of aryl methyl sites for hydroxylation is 2. The number of halogens is 3. The second-order valence-corrected chi connectivity index (χ2v) is 10.3. The van der Waals surface area contributed by atoms with E-state index in [-0.39, 0.29) is 52.6 Å². The Morgan fingerprint density at radius 1 is 1.02 bits per heavy atom. The molecule has 0 saturated carbocycles. The van der Waals surface area contributed by atoms with Crippen LogP contribution in [0.2, 0.25) is 0 Å². The van der Waals surface area contributed by atoms with Gasteiger partial charge in [0.05, 0.1) is 17.4 Å². The Bertz CT molecular complexity index is 1600. The summed E-state index contributed by atoms with van der Waals surface area (Å²) in [5.74, 6) is -0.0179. The van der Waals surface area contributed by atoms with Gasteiger partial charge in [0.2, 0.25) is 5.76 Å². The summed E-state index contributed by atoms with van der Waals surface area (Å²) in [7, 11) is 2.00.